The van der Waals surface area contributed by atoms with Gasteiger partial charge < -0.3 is 9.13 Å². The fraction of sp³-hybridized carbons (Fsp3) is 0. The molecule has 53 heavy (non-hydrogen) atoms. The van der Waals surface area contributed by atoms with Gasteiger partial charge in [0.15, 0.2) is 7.14 Å². The molecule has 0 unspecified atom stereocenters. The number of rotatable bonds is 4. The van der Waals surface area contributed by atoms with E-state index in [0.29, 0.717) is 0 Å². The molecule has 0 amide bonds. The molecule has 246 valence electrons. The Morgan fingerprint density at radius 2 is 0.717 bits per heavy atom. The van der Waals surface area contributed by atoms with E-state index in [2.05, 4.69) is 187 Å². The maximum atomic E-state index is 16.9. The first-order valence-electron chi connectivity index (χ1n) is 18.2. The molecule has 0 fully saturated rings. The molecule has 0 saturated carbocycles. The third-order valence-electron chi connectivity index (χ3n) is 11.7. The zero-order valence-corrected chi connectivity index (χ0v) is 29.5. The van der Waals surface area contributed by atoms with Crippen LogP contribution in [0, 0.1) is 0 Å². The van der Waals surface area contributed by atoms with Gasteiger partial charge in [-0.15, -0.1) is 0 Å². The van der Waals surface area contributed by atoms with Crippen molar-refractivity contribution in [2.45, 2.75) is 0 Å². The average molecular weight is 692 g/mol. The average Bonchev–Trinajstić information content (AvgIpc) is 3.56. The minimum absolute atomic E-state index is 0.826. The number of benzene rings is 11. The highest BCUT2D eigenvalue weighted by Crippen LogP contribution is 2.49. The van der Waals surface area contributed by atoms with E-state index in [-0.39, 0.29) is 0 Å². The highest BCUT2D eigenvalue weighted by Gasteiger charge is 2.34. The largest absolute Gasteiger partial charge is 0.309 e. The van der Waals surface area contributed by atoms with Crippen LogP contribution in [0.5, 0.6) is 0 Å². The Kier molecular flexibility index (Phi) is 5.80. The van der Waals surface area contributed by atoms with Crippen LogP contribution in [0.2, 0.25) is 0 Å². The number of para-hydroxylation sites is 2. The van der Waals surface area contributed by atoms with Gasteiger partial charge in [0.1, 0.15) is 0 Å². The second kappa shape index (κ2) is 10.5. The van der Waals surface area contributed by atoms with Crippen molar-refractivity contribution in [3.63, 3.8) is 0 Å². The molecular weight excluding hydrogens is 662 g/mol. The first kappa shape index (κ1) is 29.1. The lowest BCUT2D eigenvalue weighted by Crippen LogP contribution is -2.26. The van der Waals surface area contributed by atoms with Crippen LogP contribution in [0.4, 0.5) is 0 Å². The molecule has 3 heteroatoms. The Balaban J connectivity index is 1.18. The van der Waals surface area contributed by atoms with E-state index < -0.39 is 7.14 Å². The monoisotopic (exact) mass is 691 g/mol. The summed E-state index contributed by atoms with van der Waals surface area (Å²) in [5, 5.41) is 19.1. The predicted molar refractivity (Wildman–Crippen MR) is 228 cm³/mol. The van der Waals surface area contributed by atoms with Gasteiger partial charge in [-0.25, -0.2) is 0 Å². The van der Waals surface area contributed by atoms with Gasteiger partial charge in [-0.1, -0.05) is 133 Å². The normalized spacial score (nSPS) is 12.6. The maximum absolute atomic E-state index is 16.9. The summed E-state index contributed by atoms with van der Waals surface area (Å²) in [6.07, 6.45) is 0. The van der Waals surface area contributed by atoms with Crippen molar-refractivity contribution in [3.8, 4) is 5.69 Å². The van der Waals surface area contributed by atoms with Crippen LogP contribution < -0.4 is 15.9 Å². The van der Waals surface area contributed by atoms with Crippen molar-refractivity contribution >= 4 is 109 Å². The summed E-state index contributed by atoms with van der Waals surface area (Å²) in [5.41, 5.74) is 3.36. The van der Waals surface area contributed by atoms with Crippen molar-refractivity contribution in [2.75, 3.05) is 0 Å². The number of aromatic nitrogens is 1. The van der Waals surface area contributed by atoms with E-state index in [4.69, 9.17) is 0 Å². The molecule has 12 aromatic rings. The van der Waals surface area contributed by atoms with Crippen LogP contribution in [0.15, 0.2) is 182 Å². The zero-order valence-electron chi connectivity index (χ0n) is 28.6. The molecule has 0 aliphatic heterocycles. The Hall–Kier alpha value is -6.47. The molecule has 12 rings (SSSR count). The molecule has 0 N–H and O–H groups in total. The molecule has 11 aromatic carbocycles. The minimum atomic E-state index is -3.50. The molecule has 0 bridgehead atoms. The molecule has 1 aromatic heterocycles. The molecule has 0 atom stereocenters. The minimum Gasteiger partial charge on any atom is -0.309 e. The van der Waals surface area contributed by atoms with E-state index >= 15 is 4.57 Å². The van der Waals surface area contributed by atoms with Gasteiger partial charge in [0.05, 0.1) is 11.0 Å². The van der Waals surface area contributed by atoms with Crippen LogP contribution in [0.25, 0.3) is 92.1 Å². The van der Waals surface area contributed by atoms with Crippen LogP contribution in [-0.2, 0) is 4.57 Å². The molecule has 0 aliphatic rings. The standard InChI is InChI=1S/C50H30NOP/c52-53(45-29-21-35-17-15-31-7-5-9-33-19-27-41(45)49(35)47(31)33,46-30-22-36-18-16-32-8-6-10-34-20-28-42(46)50(36)48(32)34)38-25-23-37(24-26-38)51-43-13-3-1-11-39(43)40-12-2-4-14-44(40)51/h1-30H. The van der Waals surface area contributed by atoms with Gasteiger partial charge in [-0.05, 0) is 113 Å². The third kappa shape index (κ3) is 3.86. The van der Waals surface area contributed by atoms with Gasteiger partial charge in [0.25, 0.3) is 0 Å². The second-order valence-corrected chi connectivity index (χ2v) is 17.1. The van der Waals surface area contributed by atoms with E-state index in [0.717, 1.165) is 54.2 Å². The topological polar surface area (TPSA) is 22.0 Å². The molecule has 0 saturated heterocycles. The van der Waals surface area contributed by atoms with Crippen LogP contribution in [0.3, 0.4) is 0 Å². The quantitative estimate of drug-likeness (QED) is 0.133. The Morgan fingerprint density at radius 3 is 1.19 bits per heavy atom. The number of fused-ring (bicyclic) bond motifs is 3. The summed E-state index contributed by atoms with van der Waals surface area (Å²) >= 11 is 0. The molecule has 0 radical (unpaired) electrons. The lowest BCUT2D eigenvalue weighted by Gasteiger charge is -2.25. The zero-order chi connectivity index (χ0) is 34.8. The van der Waals surface area contributed by atoms with Gasteiger partial charge in [0, 0.05) is 32.4 Å². The highest BCUT2D eigenvalue weighted by molar-refractivity contribution is 7.86. The van der Waals surface area contributed by atoms with Gasteiger partial charge in [-0.2, -0.15) is 0 Å². The Labute approximate surface area is 305 Å². The predicted octanol–water partition coefficient (Wildman–Crippen LogP) is 12.2. The van der Waals surface area contributed by atoms with Crippen LogP contribution in [-0.4, -0.2) is 4.57 Å². The third-order valence-corrected chi connectivity index (χ3v) is 14.9. The fourth-order valence-electron chi connectivity index (χ4n) is 9.41. The van der Waals surface area contributed by atoms with Crippen molar-refractivity contribution in [2.24, 2.45) is 0 Å². The highest BCUT2D eigenvalue weighted by atomic mass is 31.2. The summed E-state index contributed by atoms with van der Waals surface area (Å²) in [7, 11) is -3.50. The van der Waals surface area contributed by atoms with E-state index in [1.807, 2.05) is 0 Å². The summed E-state index contributed by atoms with van der Waals surface area (Å²) in [5.74, 6) is 0. The van der Waals surface area contributed by atoms with Gasteiger partial charge >= 0.3 is 0 Å². The van der Waals surface area contributed by atoms with E-state index in [1.165, 1.54) is 53.9 Å². The van der Waals surface area contributed by atoms with Crippen molar-refractivity contribution in [3.05, 3.63) is 182 Å². The van der Waals surface area contributed by atoms with Gasteiger partial charge in [0.2, 0.25) is 0 Å². The second-order valence-electron chi connectivity index (χ2n) is 14.4. The lowest BCUT2D eigenvalue weighted by atomic mass is 9.94. The lowest BCUT2D eigenvalue weighted by molar-refractivity contribution is 0.593. The number of hydrogen-bond acceptors (Lipinski definition) is 1. The Bertz CT molecular complexity index is 3250. The first-order valence-corrected chi connectivity index (χ1v) is 19.9. The molecule has 2 nitrogen and oxygen atoms in total. The molecule has 0 aliphatic carbocycles. The number of nitrogens with zero attached hydrogens (tertiary/aromatic N) is 1. The smallest absolute Gasteiger partial charge is 0.172 e. The van der Waals surface area contributed by atoms with Crippen LogP contribution in [0.1, 0.15) is 0 Å². The van der Waals surface area contributed by atoms with Crippen molar-refractivity contribution in [1.82, 2.24) is 4.57 Å². The Morgan fingerprint density at radius 1 is 0.321 bits per heavy atom. The molecule has 0 spiro atoms. The molecule has 1 heterocycles. The molecular formula is C50H30NOP. The SMILES string of the molecule is O=P(c1ccc(-n2c3ccccc3c3ccccc32)cc1)(c1ccc2ccc3cccc4ccc1c2c34)c1ccc2ccc3cccc4ccc1c2c34. The summed E-state index contributed by atoms with van der Waals surface area (Å²) in [6, 6.07) is 65.0. The van der Waals surface area contributed by atoms with Crippen molar-refractivity contribution < 1.29 is 4.57 Å². The summed E-state index contributed by atoms with van der Waals surface area (Å²) in [6.45, 7) is 0. The van der Waals surface area contributed by atoms with E-state index in [9.17, 15) is 0 Å². The summed E-state index contributed by atoms with van der Waals surface area (Å²) in [4.78, 5) is 0. The van der Waals surface area contributed by atoms with Gasteiger partial charge in [-0.3, -0.25) is 0 Å². The van der Waals surface area contributed by atoms with Crippen LogP contribution >= 0.6 is 7.14 Å². The first-order chi connectivity index (χ1) is 26.2. The maximum Gasteiger partial charge on any atom is 0.172 e. The van der Waals surface area contributed by atoms with Crippen molar-refractivity contribution in [1.29, 1.82) is 0 Å². The van der Waals surface area contributed by atoms with E-state index in [1.54, 1.807) is 0 Å². The number of hydrogen-bond donors (Lipinski definition) is 0. The fourth-order valence-corrected chi connectivity index (χ4v) is 12.4. The summed E-state index contributed by atoms with van der Waals surface area (Å²) < 4.78 is 19.3.